The van der Waals surface area contributed by atoms with E-state index in [1.807, 2.05) is 27.7 Å². The number of nitrogen functional groups attached to an aromatic ring is 1. The van der Waals surface area contributed by atoms with Gasteiger partial charge in [-0.3, -0.25) is 0 Å². The maximum Gasteiger partial charge on any atom is 0.410 e. The van der Waals surface area contributed by atoms with Crippen molar-refractivity contribution in [2.45, 2.75) is 83.4 Å². The number of alkyl halides is 2. The van der Waals surface area contributed by atoms with Gasteiger partial charge >= 0.3 is 6.09 Å². The largest absolute Gasteiger partial charge is 0.444 e. The third-order valence-electron chi connectivity index (χ3n) is 5.20. The summed E-state index contributed by atoms with van der Waals surface area (Å²) in [6.07, 6.45) is 0.658. The van der Waals surface area contributed by atoms with Crippen LogP contribution in [0.4, 0.5) is 19.4 Å². The summed E-state index contributed by atoms with van der Waals surface area (Å²) < 4.78 is 34.1. The van der Waals surface area contributed by atoms with Crippen LogP contribution in [0.2, 0.25) is 0 Å². The number of rotatable bonds is 1. The Labute approximate surface area is 152 Å². The van der Waals surface area contributed by atoms with Gasteiger partial charge in [0.1, 0.15) is 11.4 Å². The molecule has 1 fully saturated rings. The predicted molar refractivity (Wildman–Crippen MR) is 94.2 cm³/mol. The Bertz CT molecular complexity index is 686. The van der Waals surface area contributed by atoms with Gasteiger partial charge in [-0.15, -0.1) is 0 Å². The van der Waals surface area contributed by atoms with Gasteiger partial charge in [-0.2, -0.15) is 5.10 Å². The molecule has 1 aliphatic carbocycles. The smallest absolute Gasteiger partial charge is 0.410 e. The topological polar surface area (TPSA) is 73.4 Å². The number of nitrogens with zero attached hydrogens (tertiary/aromatic N) is 3. The van der Waals surface area contributed by atoms with Crippen LogP contribution in [0.25, 0.3) is 0 Å². The maximum absolute atomic E-state index is 13.4. The van der Waals surface area contributed by atoms with Gasteiger partial charge in [0.2, 0.25) is 5.92 Å². The van der Waals surface area contributed by atoms with Crippen molar-refractivity contribution in [3.63, 3.8) is 0 Å². The molecule has 2 aliphatic rings. The number of anilines is 1. The van der Waals surface area contributed by atoms with Crippen LogP contribution in [0, 0.1) is 0 Å². The first-order chi connectivity index (χ1) is 12.0. The summed E-state index contributed by atoms with van der Waals surface area (Å²) in [6.45, 7) is 7.89. The number of carbonyl (C=O) groups is 1. The van der Waals surface area contributed by atoms with Crippen molar-refractivity contribution in [1.82, 2.24) is 14.7 Å². The van der Waals surface area contributed by atoms with Gasteiger partial charge < -0.3 is 15.4 Å². The summed E-state index contributed by atoms with van der Waals surface area (Å²) in [5, 5.41) is 4.61. The molecule has 1 atom stereocenters. The molecule has 146 valence electrons. The fraction of sp³-hybridized carbons (Fsp3) is 0.778. The molecule has 2 heterocycles. The summed E-state index contributed by atoms with van der Waals surface area (Å²) in [5.41, 5.74) is 7.44. The molecule has 1 aliphatic heterocycles. The first-order valence-corrected chi connectivity index (χ1v) is 9.23. The van der Waals surface area contributed by atoms with E-state index in [4.69, 9.17) is 10.5 Å². The Morgan fingerprint density at radius 1 is 1.31 bits per heavy atom. The fourth-order valence-electron chi connectivity index (χ4n) is 3.84. The molecular formula is C18H28F2N4O2. The van der Waals surface area contributed by atoms with Gasteiger partial charge in [-0.1, -0.05) is 0 Å². The molecule has 0 aromatic carbocycles. The van der Waals surface area contributed by atoms with Crippen LogP contribution >= 0.6 is 0 Å². The van der Waals surface area contributed by atoms with Crippen molar-refractivity contribution in [2.24, 2.45) is 0 Å². The molecule has 1 aromatic rings. The highest BCUT2D eigenvalue weighted by Crippen LogP contribution is 2.42. The van der Waals surface area contributed by atoms with Crippen LogP contribution in [0.1, 0.15) is 76.7 Å². The molecular weight excluding hydrogens is 342 g/mol. The molecule has 0 saturated heterocycles. The number of fused-ring (bicyclic) bond motifs is 1. The lowest BCUT2D eigenvalue weighted by Gasteiger charge is -2.34. The molecule has 0 bridgehead atoms. The summed E-state index contributed by atoms with van der Waals surface area (Å²) >= 11 is 0. The van der Waals surface area contributed by atoms with Crippen molar-refractivity contribution in [3.8, 4) is 0 Å². The Kier molecular flexibility index (Phi) is 4.65. The van der Waals surface area contributed by atoms with Crippen LogP contribution in [0.5, 0.6) is 0 Å². The highest BCUT2D eigenvalue weighted by Gasteiger charge is 2.39. The number of carbonyl (C=O) groups excluding carboxylic acids is 1. The molecule has 1 aromatic heterocycles. The number of aromatic nitrogens is 2. The van der Waals surface area contributed by atoms with Crippen LogP contribution in [0.15, 0.2) is 0 Å². The average molecular weight is 370 g/mol. The normalized spacial score (nSPS) is 23.6. The molecule has 1 saturated carbocycles. The highest BCUT2D eigenvalue weighted by atomic mass is 19.3. The minimum Gasteiger partial charge on any atom is -0.444 e. The quantitative estimate of drug-likeness (QED) is 0.809. The minimum absolute atomic E-state index is 0.109. The number of ether oxygens (including phenoxy) is 1. The van der Waals surface area contributed by atoms with Crippen molar-refractivity contribution >= 4 is 11.9 Å². The Morgan fingerprint density at radius 3 is 2.50 bits per heavy atom. The molecule has 3 rings (SSSR count). The van der Waals surface area contributed by atoms with Gasteiger partial charge in [0, 0.05) is 31.4 Å². The number of nitrogens with two attached hydrogens (primary N) is 1. The van der Waals surface area contributed by atoms with E-state index in [1.165, 1.54) is 0 Å². The van der Waals surface area contributed by atoms with E-state index in [1.54, 1.807) is 9.58 Å². The number of hydrogen-bond acceptors (Lipinski definition) is 4. The standard InChI is InChI=1S/C18H28F2N4O2/c1-11-14-13(7-10-23(11)16(25)26-17(2,3)4)22-24(15(14)21)12-5-8-18(19,20)9-6-12/h11-12H,5-10,21H2,1-4H3/t11-/m0/s1. The lowest BCUT2D eigenvalue weighted by atomic mass is 9.92. The molecule has 0 spiro atoms. The summed E-state index contributed by atoms with van der Waals surface area (Å²) in [6, 6.07) is -0.366. The fourth-order valence-corrected chi connectivity index (χ4v) is 3.84. The number of hydrogen-bond donors (Lipinski definition) is 1. The number of amides is 1. The van der Waals surface area contributed by atoms with Crippen molar-refractivity contribution < 1.29 is 18.3 Å². The molecule has 0 radical (unpaired) electrons. The Morgan fingerprint density at radius 2 is 1.92 bits per heavy atom. The summed E-state index contributed by atoms with van der Waals surface area (Å²) in [7, 11) is 0. The van der Waals surface area contributed by atoms with E-state index in [0.717, 1.165) is 11.3 Å². The molecule has 1 amide bonds. The molecule has 8 heteroatoms. The summed E-state index contributed by atoms with van der Waals surface area (Å²) in [4.78, 5) is 14.1. The second-order valence-electron chi connectivity index (χ2n) is 8.38. The van der Waals surface area contributed by atoms with Gasteiger partial charge in [-0.05, 0) is 40.5 Å². The molecule has 6 nitrogen and oxygen atoms in total. The van der Waals surface area contributed by atoms with Crippen LogP contribution in [-0.2, 0) is 11.2 Å². The van der Waals surface area contributed by atoms with Gasteiger partial charge in [-0.25, -0.2) is 18.3 Å². The maximum atomic E-state index is 13.4. The van der Waals surface area contributed by atoms with E-state index in [9.17, 15) is 13.6 Å². The lowest BCUT2D eigenvalue weighted by molar-refractivity contribution is -0.0448. The highest BCUT2D eigenvalue weighted by molar-refractivity contribution is 5.70. The van der Waals surface area contributed by atoms with E-state index in [0.29, 0.717) is 31.6 Å². The van der Waals surface area contributed by atoms with Crippen molar-refractivity contribution in [3.05, 3.63) is 11.3 Å². The second kappa shape index (κ2) is 6.39. The Balaban J connectivity index is 1.81. The average Bonchev–Trinajstić information content (AvgIpc) is 2.83. The SMILES string of the molecule is C[C@H]1c2c(nn(C3CCC(F)(F)CC3)c2N)CCN1C(=O)OC(C)(C)C. The van der Waals surface area contributed by atoms with Crippen molar-refractivity contribution in [1.29, 1.82) is 0 Å². The zero-order valence-corrected chi connectivity index (χ0v) is 15.9. The first kappa shape index (κ1) is 18.9. The molecule has 0 unspecified atom stereocenters. The van der Waals surface area contributed by atoms with Gasteiger partial charge in [0.25, 0.3) is 0 Å². The third kappa shape index (κ3) is 3.64. The predicted octanol–water partition coefficient (Wildman–Crippen LogP) is 4.07. The molecule has 2 N–H and O–H groups in total. The zero-order chi connectivity index (χ0) is 19.3. The second-order valence-corrected chi connectivity index (χ2v) is 8.38. The molecule has 26 heavy (non-hydrogen) atoms. The van der Waals surface area contributed by atoms with Crippen LogP contribution in [-0.4, -0.2) is 38.8 Å². The lowest BCUT2D eigenvalue weighted by Crippen LogP contribution is -2.42. The van der Waals surface area contributed by atoms with Crippen LogP contribution in [0.3, 0.4) is 0 Å². The monoisotopic (exact) mass is 370 g/mol. The zero-order valence-electron chi connectivity index (χ0n) is 15.9. The summed E-state index contributed by atoms with van der Waals surface area (Å²) in [5.74, 6) is -2.10. The van der Waals surface area contributed by atoms with E-state index in [2.05, 4.69) is 5.10 Å². The van der Waals surface area contributed by atoms with Crippen molar-refractivity contribution in [2.75, 3.05) is 12.3 Å². The van der Waals surface area contributed by atoms with Crippen LogP contribution < -0.4 is 5.73 Å². The van der Waals surface area contributed by atoms with E-state index in [-0.39, 0.29) is 31.0 Å². The first-order valence-electron chi connectivity index (χ1n) is 9.23. The van der Waals surface area contributed by atoms with Gasteiger partial charge in [0.15, 0.2) is 0 Å². The minimum atomic E-state index is -2.58. The van der Waals surface area contributed by atoms with E-state index < -0.39 is 11.5 Å². The third-order valence-corrected chi connectivity index (χ3v) is 5.20. The Hall–Kier alpha value is -1.86. The number of halogens is 2. The van der Waals surface area contributed by atoms with E-state index >= 15 is 0 Å². The van der Waals surface area contributed by atoms with Gasteiger partial charge in [0.05, 0.1) is 17.8 Å².